The van der Waals surface area contributed by atoms with Gasteiger partial charge >= 0.3 is 0 Å². The van der Waals surface area contributed by atoms with Crippen LogP contribution in [0.1, 0.15) is 0 Å². The van der Waals surface area contributed by atoms with Crippen LogP contribution >= 0.6 is 23.2 Å². The molecule has 5 nitrogen and oxygen atoms in total. The summed E-state index contributed by atoms with van der Waals surface area (Å²) in [5, 5.41) is 12.8. The van der Waals surface area contributed by atoms with Crippen LogP contribution in [-0.2, 0) is 0 Å². The van der Waals surface area contributed by atoms with E-state index in [1.807, 2.05) is 0 Å². The molecule has 1 heterocycles. The van der Waals surface area contributed by atoms with Crippen LogP contribution < -0.4 is 0 Å². The average Bonchev–Trinajstić information content (AvgIpc) is 1.95. The van der Waals surface area contributed by atoms with Gasteiger partial charge in [0.05, 0.1) is 0 Å². The molecular formula is C3HCl2N5. The molecule has 0 aliphatic heterocycles. The minimum Gasteiger partial charge on any atom is -0.203 e. The van der Waals surface area contributed by atoms with E-state index in [0.29, 0.717) is 0 Å². The zero-order chi connectivity index (χ0) is 7.56. The van der Waals surface area contributed by atoms with Gasteiger partial charge in [-0.15, -0.1) is 15.3 Å². The Labute approximate surface area is 65.9 Å². The van der Waals surface area contributed by atoms with Crippen molar-refractivity contribution in [3.05, 3.63) is 10.2 Å². The largest absolute Gasteiger partial charge is 0.219 e. The van der Waals surface area contributed by atoms with E-state index >= 15 is 0 Å². The van der Waals surface area contributed by atoms with Gasteiger partial charge in [0.1, 0.15) is 5.02 Å². The molecule has 0 amide bonds. The zero-order valence-electron chi connectivity index (χ0n) is 4.54. The Morgan fingerprint density at radius 3 is 2.50 bits per heavy atom. The smallest absolute Gasteiger partial charge is 0.203 e. The first-order valence-electron chi connectivity index (χ1n) is 2.17. The van der Waals surface area contributed by atoms with Crippen molar-refractivity contribution in [1.29, 1.82) is 5.53 Å². The summed E-state index contributed by atoms with van der Waals surface area (Å²) < 4.78 is 0. The fraction of sp³-hybridized carbons (Fsp3) is 0. The maximum atomic E-state index is 6.53. The van der Waals surface area contributed by atoms with Gasteiger partial charge in [0, 0.05) is 0 Å². The summed E-state index contributed by atoms with van der Waals surface area (Å²) >= 11 is 10.9. The van der Waals surface area contributed by atoms with E-state index in [0.717, 1.165) is 0 Å². The van der Waals surface area contributed by atoms with Gasteiger partial charge in [0.2, 0.25) is 5.82 Å². The molecule has 10 heavy (non-hydrogen) atoms. The highest BCUT2D eigenvalue weighted by atomic mass is 35.5. The molecule has 0 spiro atoms. The van der Waals surface area contributed by atoms with E-state index in [4.69, 9.17) is 28.7 Å². The van der Waals surface area contributed by atoms with E-state index in [1.54, 1.807) is 0 Å². The summed E-state index contributed by atoms with van der Waals surface area (Å²) in [5.74, 6) is -0.0262. The molecule has 1 rings (SSSR count). The minimum atomic E-state index is -0.0262. The van der Waals surface area contributed by atoms with Crippen LogP contribution in [0.2, 0.25) is 10.2 Å². The lowest BCUT2D eigenvalue weighted by molar-refractivity contribution is 0.852. The van der Waals surface area contributed by atoms with Crippen LogP contribution in [0, 0.1) is 5.53 Å². The Balaban J connectivity index is 3.27. The summed E-state index contributed by atoms with van der Waals surface area (Å²) in [7, 11) is 0. The van der Waals surface area contributed by atoms with Crippen LogP contribution in [0.15, 0.2) is 5.11 Å². The molecule has 0 aliphatic rings. The predicted molar refractivity (Wildman–Crippen MR) is 34.7 cm³/mol. The summed E-state index contributed by atoms with van der Waals surface area (Å²) in [4.78, 5) is 0. The lowest BCUT2D eigenvalue weighted by Crippen LogP contribution is -1.87. The maximum absolute atomic E-state index is 6.53. The van der Waals surface area contributed by atoms with E-state index in [-0.39, 0.29) is 16.0 Å². The molecule has 52 valence electrons. The molecule has 0 fully saturated rings. The normalized spacial score (nSPS) is 9.40. The molecule has 0 bridgehead atoms. The van der Waals surface area contributed by atoms with Crippen molar-refractivity contribution in [2.45, 2.75) is 0 Å². The monoisotopic (exact) mass is 177 g/mol. The number of halogens is 2. The highest BCUT2D eigenvalue weighted by Crippen LogP contribution is 2.26. The number of rotatable bonds is 1. The van der Waals surface area contributed by atoms with Crippen molar-refractivity contribution in [3.63, 3.8) is 0 Å². The van der Waals surface area contributed by atoms with E-state index in [9.17, 15) is 0 Å². The van der Waals surface area contributed by atoms with Crippen molar-refractivity contribution in [2.75, 3.05) is 0 Å². The Hall–Kier alpha value is -0.810. The Kier molecular flexibility index (Phi) is 2.08. The fourth-order valence-electron chi connectivity index (χ4n) is 0.355. The highest BCUT2D eigenvalue weighted by Gasteiger charge is 2.05. The molecule has 0 aliphatic carbocycles. The quantitative estimate of drug-likeness (QED) is 0.666. The van der Waals surface area contributed by atoms with Gasteiger partial charge in [0.25, 0.3) is 0 Å². The molecule has 1 aromatic rings. The summed E-state index contributed by atoms with van der Waals surface area (Å²) in [6.07, 6.45) is 0. The lowest BCUT2D eigenvalue weighted by Gasteiger charge is -1.91. The van der Waals surface area contributed by atoms with Gasteiger partial charge < -0.3 is 0 Å². The van der Waals surface area contributed by atoms with E-state index < -0.39 is 0 Å². The Morgan fingerprint density at radius 1 is 1.30 bits per heavy atom. The van der Waals surface area contributed by atoms with Crippen LogP contribution in [-0.4, -0.2) is 15.4 Å². The van der Waals surface area contributed by atoms with Crippen LogP contribution in [0.4, 0.5) is 5.82 Å². The molecule has 0 saturated heterocycles. The van der Waals surface area contributed by atoms with Gasteiger partial charge in [-0.3, -0.25) is 0 Å². The van der Waals surface area contributed by atoms with Gasteiger partial charge in [-0.2, -0.15) is 0 Å². The van der Waals surface area contributed by atoms with E-state index in [1.165, 1.54) is 0 Å². The molecule has 0 saturated carbocycles. The second kappa shape index (κ2) is 2.85. The summed E-state index contributed by atoms with van der Waals surface area (Å²) in [5.41, 5.74) is 6.53. The number of hydrogen-bond acceptors (Lipinski definition) is 5. The van der Waals surface area contributed by atoms with Crippen LogP contribution in [0.3, 0.4) is 0 Å². The van der Waals surface area contributed by atoms with Crippen molar-refractivity contribution in [1.82, 2.24) is 15.4 Å². The second-order valence-electron chi connectivity index (χ2n) is 1.33. The summed E-state index contributed by atoms with van der Waals surface area (Å²) in [6, 6.07) is 0. The first kappa shape index (κ1) is 7.30. The molecule has 0 atom stereocenters. The first-order chi connectivity index (χ1) is 4.75. The SMILES string of the molecule is N=Nc1nnnc(Cl)c1Cl. The van der Waals surface area contributed by atoms with Gasteiger partial charge in [-0.05, 0) is 5.21 Å². The number of aromatic nitrogens is 3. The van der Waals surface area contributed by atoms with Gasteiger partial charge in [-0.25, -0.2) is 5.53 Å². The third kappa shape index (κ3) is 1.19. The Bertz CT molecular complexity index is 261. The van der Waals surface area contributed by atoms with E-state index in [2.05, 4.69) is 20.5 Å². The standard InChI is InChI=1S/C3HCl2N5/c4-1-2(5)8-10-9-3(1)7-6/h6H. The first-order valence-corrected chi connectivity index (χ1v) is 2.93. The van der Waals surface area contributed by atoms with Gasteiger partial charge in [-0.1, -0.05) is 23.2 Å². The van der Waals surface area contributed by atoms with Crippen LogP contribution in [0.25, 0.3) is 0 Å². The third-order valence-corrected chi connectivity index (χ3v) is 1.46. The molecule has 1 aromatic heterocycles. The number of nitrogens with zero attached hydrogens (tertiary/aromatic N) is 4. The van der Waals surface area contributed by atoms with Crippen molar-refractivity contribution < 1.29 is 0 Å². The van der Waals surface area contributed by atoms with Crippen molar-refractivity contribution in [2.24, 2.45) is 5.11 Å². The van der Waals surface area contributed by atoms with Crippen molar-refractivity contribution in [3.8, 4) is 0 Å². The summed E-state index contributed by atoms with van der Waals surface area (Å²) in [6.45, 7) is 0. The molecule has 7 heteroatoms. The molecule has 0 unspecified atom stereocenters. The van der Waals surface area contributed by atoms with Gasteiger partial charge in [0.15, 0.2) is 5.15 Å². The third-order valence-electron chi connectivity index (χ3n) is 0.755. The Morgan fingerprint density at radius 2 is 2.00 bits per heavy atom. The minimum absolute atomic E-state index is 0.00247. The number of hydrogen-bond donors (Lipinski definition) is 1. The molecular weight excluding hydrogens is 177 g/mol. The molecule has 0 aromatic carbocycles. The lowest BCUT2D eigenvalue weighted by atomic mass is 10.6. The fourth-order valence-corrected chi connectivity index (χ4v) is 0.592. The average molecular weight is 178 g/mol. The molecule has 1 N–H and O–H groups in total. The number of nitrogens with one attached hydrogen (secondary N) is 1. The highest BCUT2D eigenvalue weighted by molar-refractivity contribution is 6.42. The predicted octanol–water partition coefficient (Wildman–Crippen LogP) is 1.84. The topological polar surface area (TPSA) is 74.9 Å². The van der Waals surface area contributed by atoms with Crippen LogP contribution in [0.5, 0.6) is 0 Å². The maximum Gasteiger partial charge on any atom is 0.219 e. The van der Waals surface area contributed by atoms with Crippen molar-refractivity contribution >= 4 is 29.0 Å². The molecule has 0 radical (unpaired) electrons. The second-order valence-corrected chi connectivity index (χ2v) is 2.07. The zero-order valence-corrected chi connectivity index (χ0v) is 6.06.